The first kappa shape index (κ1) is 27.2. The number of fused-ring (bicyclic) bond motifs is 1. The van der Waals surface area contributed by atoms with Crippen LogP contribution in [0.5, 0.6) is 11.5 Å². The van der Waals surface area contributed by atoms with Crippen LogP contribution in [0.4, 0.5) is 5.69 Å². The molecule has 3 aromatic carbocycles. The van der Waals surface area contributed by atoms with Crippen molar-refractivity contribution in [3.05, 3.63) is 88.5 Å². The van der Waals surface area contributed by atoms with Gasteiger partial charge in [-0.15, -0.1) is 0 Å². The number of carbonyl (C=O) groups excluding carboxylic acids is 1. The maximum Gasteiger partial charge on any atom is 0.264 e. The summed E-state index contributed by atoms with van der Waals surface area (Å²) in [5, 5.41) is 5.34. The molecule has 0 saturated carbocycles. The molecule has 4 rings (SSSR count). The summed E-state index contributed by atoms with van der Waals surface area (Å²) < 4.78 is 38.2. The number of nitrogens with zero attached hydrogens (tertiary/aromatic N) is 3. The summed E-state index contributed by atoms with van der Waals surface area (Å²) in [6.45, 7) is -0.545. The number of sulfonamides is 1. The maximum absolute atomic E-state index is 13.5. The Hall–Kier alpha value is -3.86. The van der Waals surface area contributed by atoms with E-state index < -0.39 is 22.5 Å². The highest BCUT2D eigenvalue weighted by molar-refractivity contribution is 7.92. The topological polar surface area (TPSA) is 110 Å². The Morgan fingerprint density at radius 2 is 1.63 bits per heavy atom. The van der Waals surface area contributed by atoms with Crippen molar-refractivity contribution in [2.24, 2.45) is 5.10 Å². The number of pyridine rings is 1. The van der Waals surface area contributed by atoms with Crippen molar-refractivity contribution in [1.29, 1.82) is 0 Å². The Bertz CT molecular complexity index is 1600. The molecule has 0 aliphatic rings. The molecule has 0 radical (unpaired) electrons. The Balaban J connectivity index is 1.55. The number of ether oxygens (including phenoxy) is 2. The molecule has 0 atom stereocenters. The standard InChI is InChI=1S/C26H22Cl2N4O5S/c1-36-21-9-11-23(12-10-21)38(34,35)32(20-6-4-19(27)5-7-20)16-25(33)31-29-15-18-13-17-3-8-22(37-2)14-24(17)30-26(18)28/h3-15H,16H2,1-2H3,(H,31,33)/b29-15+. The highest BCUT2D eigenvalue weighted by atomic mass is 35.5. The number of nitrogens with one attached hydrogen (secondary N) is 1. The second kappa shape index (κ2) is 11.7. The van der Waals surface area contributed by atoms with Crippen molar-refractivity contribution in [2.75, 3.05) is 25.1 Å². The molecule has 0 aliphatic heterocycles. The Kier molecular flexibility index (Phi) is 8.35. The number of methoxy groups -OCH3 is 2. The quantitative estimate of drug-likeness (QED) is 0.173. The average Bonchev–Trinajstić information content (AvgIpc) is 2.92. The summed E-state index contributed by atoms with van der Waals surface area (Å²) in [5.41, 5.74) is 3.70. The van der Waals surface area contributed by atoms with Crippen LogP contribution < -0.4 is 19.2 Å². The van der Waals surface area contributed by atoms with E-state index in [1.54, 1.807) is 25.3 Å². The molecule has 1 aromatic heterocycles. The average molecular weight is 573 g/mol. The van der Waals surface area contributed by atoms with Crippen LogP contribution in [0.1, 0.15) is 5.56 Å². The minimum atomic E-state index is -4.12. The van der Waals surface area contributed by atoms with E-state index in [1.165, 1.54) is 61.9 Å². The van der Waals surface area contributed by atoms with Crippen LogP contribution in [-0.2, 0) is 14.8 Å². The van der Waals surface area contributed by atoms with Crippen molar-refractivity contribution in [2.45, 2.75) is 4.90 Å². The molecule has 0 fully saturated rings. The van der Waals surface area contributed by atoms with Crippen molar-refractivity contribution in [3.63, 3.8) is 0 Å². The van der Waals surface area contributed by atoms with E-state index >= 15 is 0 Å². The third-order valence-electron chi connectivity index (χ3n) is 5.45. The third kappa shape index (κ3) is 6.16. The van der Waals surface area contributed by atoms with Gasteiger partial charge in [0.05, 0.1) is 36.5 Å². The maximum atomic E-state index is 13.5. The van der Waals surface area contributed by atoms with E-state index in [9.17, 15) is 13.2 Å². The Morgan fingerprint density at radius 3 is 2.29 bits per heavy atom. The van der Waals surface area contributed by atoms with Crippen molar-refractivity contribution >= 4 is 61.9 Å². The number of anilines is 1. The summed E-state index contributed by atoms with van der Waals surface area (Å²) in [4.78, 5) is 17.1. The fourth-order valence-corrected chi connectivity index (χ4v) is 5.24. The van der Waals surface area contributed by atoms with Crippen LogP contribution in [0.15, 0.2) is 82.8 Å². The highest BCUT2D eigenvalue weighted by Crippen LogP contribution is 2.27. The zero-order chi connectivity index (χ0) is 27.3. The molecule has 0 aliphatic carbocycles. The van der Waals surface area contributed by atoms with Gasteiger partial charge in [-0.1, -0.05) is 23.2 Å². The lowest BCUT2D eigenvalue weighted by molar-refractivity contribution is -0.119. The minimum absolute atomic E-state index is 0.0183. The molecule has 0 spiro atoms. The lowest BCUT2D eigenvalue weighted by Gasteiger charge is -2.23. The first-order chi connectivity index (χ1) is 18.2. The first-order valence-corrected chi connectivity index (χ1v) is 13.3. The van der Waals surface area contributed by atoms with Crippen LogP contribution in [0, 0.1) is 0 Å². The van der Waals surface area contributed by atoms with Gasteiger partial charge in [0, 0.05) is 22.0 Å². The van der Waals surface area contributed by atoms with Gasteiger partial charge >= 0.3 is 0 Å². The predicted molar refractivity (Wildman–Crippen MR) is 148 cm³/mol. The number of hydrogen-bond acceptors (Lipinski definition) is 7. The number of amides is 1. The Morgan fingerprint density at radius 1 is 0.974 bits per heavy atom. The molecule has 1 amide bonds. The number of halogens is 2. The van der Waals surface area contributed by atoms with Gasteiger partial charge in [-0.05, 0) is 66.7 Å². The van der Waals surface area contributed by atoms with Gasteiger partial charge in [0.1, 0.15) is 23.2 Å². The first-order valence-electron chi connectivity index (χ1n) is 11.1. The molecule has 9 nitrogen and oxygen atoms in total. The van der Waals surface area contributed by atoms with E-state index in [1.807, 2.05) is 6.07 Å². The van der Waals surface area contributed by atoms with Gasteiger partial charge in [0.25, 0.3) is 15.9 Å². The summed E-state index contributed by atoms with van der Waals surface area (Å²) >= 11 is 12.3. The van der Waals surface area contributed by atoms with Crippen molar-refractivity contribution in [1.82, 2.24) is 10.4 Å². The second-order valence-electron chi connectivity index (χ2n) is 7.88. The molecule has 38 heavy (non-hydrogen) atoms. The third-order valence-corrected chi connectivity index (χ3v) is 7.79. The largest absolute Gasteiger partial charge is 0.497 e. The molecule has 0 unspecified atom stereocenters. The molecule has 4 aromatic rings. The van der Waals surface area contributed by atoms with Gasteiger partial charge in [0.15, 0.2) is 0 Å². The van der Waals surface area contributed by atoms with E-state index in [-0.39, 0.29) is 15.7 Å². The van der Waals surface area contributed by atoms with Crippen LogP contribution in [0.25, 0.3) is 10.9 Å². The van der Waals surface area contributed by atoms with Crippen LogP contribution in [0.3, 0.4) is 0 Å². The number of benzene rings is 3. The second-order valence-corrected chi connectivity index (χ2v) is 10.5. The zero-order valence-corrected chi connectivity index (χ0v) is 22.6. The van der Waals surface area contributed by atoms with Crippen LogP contribution >= 0.6 is 23.2 Å². The SMILES string of the molecule is COc1ccc(S(=O)(=O)N(CC(=O)N/N=C/c2cc3ccc(OC)cc3nc2Cl)c2ccc(Cl)cc2)cc1. The monoisotopic (exact) mass is 572 g/mol. The number of hydrazone groups is 1. The highest BCUT2D eigenvalue weighted by Gasteiger charge is 2.27. The van der Waals surface area contributed by atoms with E-state index in [4.69, 9.17) is 32.7 Å². The van der Waals surface area contributed by atoms with Crippen LogP contribution in [0.2, 0.25) is 10.2 Å². The van der Waals surface area contributed by atoms with Gasteiger partial charge in [-0.25, -0.2) is 18.8 Å². The molecule has 1 heterocycles. The summed E-state index contributed by atoms with van der Waals surface area (Å²) in [5.74, 6) is 0.461. The minimum Gasteiger partial charge on any atom is -0.497 e. The number of hydrogen-bond donors (Lipinski definition) is 1. The summed E-state index contributed by atoms with van der Waals surface area (Å²) in [6, 6.07) is 19.0. The smallest absolute Gasteiger partial charge is 0.264 e. The lowest BCUT2D eigenvalue weighted by Crippen LogP contribution is -2.39. The molecule has 0 saturated heterocycles. The van der Waals surface area contributed by atoms with E-state index in [0.29, 0.717) is 27.6 Å². The van der Waals surface area contributed by atoms with Gasteiger partial charge < -0.3 is 9.47 Å². The van der Waals surface area contributed by atoms with E-state index in [0.717, 1.165) is 9.69 Å². The van der Waals surface area contributed by atoms with E-state index in [2.05, 4.69) is 15.5 Å². The molecule has 0 bridgehead atoms. The molecular formula is C26H22Cl2N4O5S. The molecular weight excluding hydrogens is 551 g/mol. The number of rotatable bonds is 9. The number of aromatic nitrogens is 1. The van der Waals surface area contributed by atoms with Gasteiger partial charge in [-0.3, -0.25) is 9.10 Å². The molecule has 12 heteroatoms. The summed E-state index contributed by atoms with van der Waals surface area (Å²) in [7, 11) is -1.08. The predicted octanol–water partition coefficient (Wildman–Crippen LogP) is 4.90. The van der Waals surface area contributed by atoms with Crippen molar-refractivity contribution in [3.8, 4) is 11.5 Å². The van der Waals surface area contributed by atoms with Gasteiger partial charge in [-0.2, -0.15) is 5.10 Å². The van der Waals surface area contributed by atoms with Crippen molar-refractivity contribution < 1.29 is 22.7 Å². The van der Waals surface area contributed by atoms with Crippen LogP contribution in [-0.4, -0.2) is 46.3 Å². The number of carbonyl (C=O) groups is 1. The lowest BCUT2D eigenvalue weighted by atomic mass is 10.1. The zero-order valence-electron chi connectivity index (χ0n) is 20.3. The normalized spacial score (nSPS) is 11.5. The molecule has 196 valence electrons. The molecule has 1 N–H and O–H groups in total. The fourth-order valence-electron chi connectivity index (χ4n) is 3.49. The summed E-state index contributed by atoms with van der Waals surface area (Å²) in [6.07, 6.45) is 1.33. The fraction of sp³-hybridized carbons (Fsp3) is 0.115. The van der Waals surface area contributed by atoms with Gasteiger partial charge in [0.2, 0.25) is 0 Å². The Labute approximate surface area is 229 Å².